The van der Waals surface area contributed by atoms with Gasteiger partial charge in [0.05, 0.1) is 0 Å². The number of aldehydes is 1. The summed E-state index contributed by atoms with van der Waals surface area (Å²) < 4.78 is 5.66. The number of benzene rings is 2. The number of hydrogen-bond acceptors (Lipinski definition) is 3. The predicted octanol–water partition coefficient (Wildman–Crippen LogP) is 4.14. The average Bonchev–Trinajstić information content (AvgIpc) is 2.61. The van der Waals surface area contributed by atoms with Crippen LogP contribution in [0.1, 0.15) is 15.9 Å². The van der Waals surface area contributed by atoms with Crippen LogP contribution in [0, 0.1) is 0 Å². The second-order valence-corrected chi connectivity index (χ2v) is 4.90. The van der Waals surface area contributed by atoms with Crippen LogP contribution in [0.25, 0.3) is 11.1 Å². The Morgan fingerprint density at radius 2 is 1.59 bits per heavy atom. The molecule has 0 aliphatic carbocycles. The number of nitrogens with zero attached hydrogens (tertiary/aromatic N) is 1. The smallest absolute Gasteiger partial charge is 0.213 e. The molecule has 0 aliphatic heterocycles. The summed E-state index contributed by atoms with van der Waals surface area (Å²) in [7, 11) is 0. The first kappa shape index (κ1) is 14.0. The molecule has 22 heavy (non-hydrogen) atoms. The standard InChI is InChI=1S/C19H15NO2/c21-13-15-6-8-17(9-7-15)18-10-11-19(20-12-18)22-14-16-4-2-1-3-5-16/h1-13H,14H2. The number of aromatic nitrogens is 1. The fraction of sp³-hybridized carbons (Fsp3) is 0.0526. The Balaban J connectivity index is 1.68. The van der Waals surface area contributed by atoms with Crippen molar-refractivity contribution in [2.24, 2.45) is 0 Å². The van der Waals surface area contributed by atoms with E-state index in [1.165, 1.54) is 0 Å². The maximum Gasteiger partial charge on any atom is 0.213 e. The van der Waals surface area contributed by atoms with Crippen LogP contribution in [0.2, 0.25) is 0 Å². The van der Waals surface area contributed by atoms with Crippen LogP contribution in [0.3, 0.4) is 0 Å². The van der Waals surface area contributed by atoms with Gasteiger partial charge in [0.1, 0.15) is 12.9 Å². The van der Waals surface area contributed by atoms with Crippen molar-refractivity contribution < 1.29 is 9.53 Å². The molecule has 0 saturated heterocycles. The molecule has 1 aromatic heterocycles. The van der Waals surface area contributed by atoms with Gasteiger partial charge >= 0.3 is 0 Å². The monoisotopic (exact) mass is 289 g/mol. The van der Waals surface area contributed by atoms with Gasteiger partial charge in [-0.25, -0.2) is 4.98 Å². The lowest BCUT2D eigenvalue weighted by Gasteiger charge is -2.06. The molecule has 0 aliphatic rings. The summed E-state index contributed by atoms with van der Waals surface area (Å²) in [5.41, 5.74) is 3.79. The van der Waals surface area contributed by atoms with Gasteiger partial charge in [0, 0.05) is 23.4 Å². The molecule has 0 amide bonds. The van der Waals surface area contributed by atoms with E-state index < -0.39 is 0 Å². The maximum absolute atomic E-state index is 10.7. The van der Waals surface area contributed by atoms with Crippen LogP contribution in [-0.2, 0) is 6.61 Å². The second-order valence-electron chi connectivity index (χ2n) is 4.90. The van der Waals surface area contributed by atoms with E-state index in [9.17, 15) is 4.79 Å². The SMILES string of the molecule is O=Cc1ccc(-c2ccc(OCc3ccccc3)nc2)cc1. The van der Waals surface area contributed by atoms with Crippen molar-refractivity contribution in [1.82, 2.24) is 4.98 Å². The van der Waals surface area contributed by atoms with E-state index in [0.717, 1.165) is 23.0 Å². The molecule has 0 fully saturated rings. The third kappa shape index (κ3) is 3.38. The van der Waals surface area contributed by atoms with Gasteiger partial charge in [-0.05, 0) is 17.2 Å². The lowest BCUT2D eigenvalue weighted by atomic mass is 10.1. The number of ether oxygens (including phenoxy) is 1. The number of carbonyl (C=O) groups excluding carboxylic acids is 1. The topological polar surface area (TPSA) is 39.2 Å². The molecule has 3 heteroatoms. The van der Waals surface area contributed by atoms with Gasteiger partial charge in [0.2, 0.25) is 5.88 Å². The molecule has 0 saturated carbocycles. The molecule has 0 unspecified atom stereocenters. The fourth-order valence-corrected chi connectivity index (χ4v) is 2.12. The summed E-state index contributed by atoms with van der Waals surface area (Å²) in [6.45, 7) is 0.501. The Bertz CT molecular complexity index is 735. The summed E-state index contributed by atoms with van der Waals surface area (Å²) in [5, 5.41) is 0. The van der Waals surface area contributed by atoms with E-state index in [1.54, 1.807) is 18.3 Å². The normalized spacial score (nSPS) is 10.2. The number of rotatable bonds is 5. The van der Waals surface area contributed by atoms with Gasteiger partial charge < -0.3 is 4.74 Å². The molecule has 0 radical (unpaired) electrons. The Hall–Kier alpha value is -2.94. The summed E-state index contributed by atoms with van der Waals surface area (Å²) >= 11 is 0. The van der Waals surface area contributed by atoms with Gasteiger partial charge in [0.25, 0.3) is 0 Å². The van der Waals surface area contributed by atoms with Crippen LogP contribution >= 0.6 is 0 Å². The van der Waals surface area contributed by atoms with E-state index in [-0.39, 0.29) is 0 Å². The van der Waals surface area contributed by atoms with Crippen LogP contribution < -0.4 is 4.74 Å². The quantitative estimate of drug-likeness (QED) is 0.663. The lowest BCUT2D eigenvalue weighted by molar-refractivity contribution is 0.112. The molecule has 1 heterocycles. The van der Waals surface area contributed by atoms with Crippen molar-refractivity contribution in [3.63, 3.8) is 0 Å². The Morgan fingerprint density at radius 1 is 0.864 bits per heavy atom. The number of hydrogen-bond donors (Lipinski definition) is 0. The fourth-order valence-electron chi connectivity index (χ4n) is 2.12. The molecule has 0 N–H and O–H groups in total. The van der Waals surface area contributed by atoms with Crippen molar-refractivity contribution >= 4 is 6.29 Å². The van der Waals surface area contributed by atoms with Gasteiger partial charge in [-0.1, -0.05) is 54.6 Å². The highest BCUT2D eigenvalue weighted by atomic mass is 16.5. The molecule has 3 nitrogen and oxygen atoms in total. The Labute approximate surface area is 129 Å². The highest BCUT2D eigenvalue weighted by molar-refractivity contribution is 5.76. The second kappa shape index (κ2) is 6.68. The Kier molecular flexibility index (Phi) is 4.25. The van der Waals surface area contributed by atoms with Crippen molar-refractivity contribution in [1.29, 1.82) is 0 Å². The summed E-state index contributed by atoms with van der Waals surface area (Å²) in [4.78, 5) is 15.0. The van der Waals surface area contributed by atoms with Crippen LogP contribution in [0.5, 0.6) is 5.88 Å². The molecule has 0 atom stereocenters. The van der Waals surface area contributed by atoms with E-state index >= 15 is 0 Å². The molecule has 3 aromatic rings. The van der Waals surface area contributed by atoms with Crippen molar-refractivity contribution in [3.8, 4) is 17.0 Å². The molecule has 0 bridgehead atoms. The largest absolute Gasteiger partial charge is 0.473 e. The summed E-state index contributed by atoms with van der Waals surface area (Å²) in [5.74, 6) is 0.595. The maximum atomic E-state index is 10.7. The predicted molar refractivity (Wildman–Crippen MR) is 85.8 cm³/mol. The van der Waals surface area contributed by atoms with E-state index in [4.69, 9.17) is 4.74 Å². The minimum absolute atomic E-state index is 0.501. The first-order chi connectivity index (χ1) is 10.8. The summed E-state index contributed by atoms with van der Waals surface area (Å²) in [6, 6.07) is 21.2. The number of pyridine rings is 1. The van der Waals surface area contributed by atoms with E-state index in [0.29, 0.717) is 18.1 Å². The van der Waals surface area contributed by atoms with E-state index in [1.807, 2.05) is 54.6 Å². The molecule has 3 rings (SSSR count). The minimum Gasteiger partial charge on any atom is -0.473 e. The van der Waals surface area contributed by atoms with Crippen LogP contribution in [-0.4, -0.2) is 11.3 Å². The van der Waals surface area contributed by atoms with Crippen molar-refractivity contribution in [3.05, 3.63) is 84.1 Å². The Morgan fingerprint density at radius 3 is 2.23 bits per heavy atom. The highest BCUT2D eigenvalue weighted by Gasteiger charge is 2.01. The molecule has 108 valence electrons. The van der Waals surface area contributed by atoms with Gasteiger partial charge in [0.15, 0.2) is 0 Å². The minimum atomic E-state index is 0.501. The van der Waals surface area contributed by atoms with Gasteiger partial charge in [-0.3, -0.25) is 4.79 Å². The zero-order valence-corrected chi connectivity index (χ0v) is 12.0. The number of carbonyl (C=O) groups is 1. The van der Waals surface area contributed by atoms with Crippen LogP contribution in [0.15, 0.2) is 72.9 Å². The van der Waals surface area contributed by atoms with Crippen molar-refractivity contribution in [2.45, 2.75) is 6.61 Å². The zero-order chi connectivity index (χ0) is 15.2. The van der Waals surface area contributed by atoms with E-state index in [2.05, 4.69) is 4.98 Å². The zero-order valence-electron chi connectivity index (χ0n) is 12.0. The first-order valence-corrected chi connectivity index (χ1v) is 7.03. The molecular weight excluding hydrogens is 274 g/mol. The van der Waals surface area contributed by atoms with Gasteiger partial charge in [-0.2, -0.15) is 0 Å². The third-order valence-electron chi connectivity index (χ3n) is 3.35. The highest BCUT2D eigenvalue weighted by Crippen LogP contribution is 2.21. The first-order valence-electron chi connectivity index (χ1n) is 7.03. The van der Waals surface area contributed by atoms with Crippen molar-refractivity contribution in [2.75, 3.05) is 0 Å². The molecule has 2 aromatic carbocycles. The third-order valence-corrected chi connectivity index (χ3v) is 3.35. The molecule has 0 spiro atoms. The molecular formula is C19H15NO2. The summed E-state index contributed by atoms with van der Waals surface area (Å²) in [6.07, 6.45) is 2.61. The lowest BCUT2D eigenvalue weighted by Crippen LogP contribution is -1.96. The average molecular weight is 289 g/mol. The van der Waals surface area contributed by atoms with Gasteiger partial charge in [-0.15, -0.1) is 0 Å². The van der Waals surface area contributed by atoms with Crippen LogP contribution in [0.4, 0.5) is 0 Å².